The van der Waals surface area contributed by atoms with Gasteiger partial charge in [-0.15, -0.1) is 0 Å². The molecule has 202 valence electrons. The van der Waals surface area contributed by atoms with E-state index in [-0.39, 0.29) is 43.8 Å². The maximum absolute atomic E-state index is 13.4. The van der Waals surface area contributed by atoms with E-state index in [9.17, 15) is 18.0 Å². The molecule has 10 heteroatoms. The zero-order valence-corrected chi connectivity index (χ0v) is 23.7. The van der Waals surface area contributed by atoms with Gasteiger partial charge in [-0.3, -0.25) is 13.9 Å². The molecule has 2 aromatic carbocycles. The number of amides is 2. The fraction of sp³-hybridized carbons (Fsp3) is 0.481. The first-order valence-corrected chi connectivity index (χ1v) is 15.2. The molecular formula is C27H35Cl2N3O4S. The van der Waals surface area contributed by atoms with E-state index in [1.165, 1.54) is 10.7 Å². The number of nitrogens with zero attached hydrogens (tertiary/aromatic N) is 2. The number of carbonyl (C=O) groups excluding carboxylic acids is 2. The highest BCUT2D eigenvalue weighted by atomic mass is 35.5. The maximum atomic E-state index is 13.4. The van der Waals surface area contributed by atoms with Gasteiger partial charge in [0, 0.05) is 35.6 Å². The molecule has 1 unspecified atom stereocenters. The zero-order valence-electron chi connectivity index (χ0n) is 21.3. The Kier molecular flexibility index (Phi) is 10.7. The topological polar surface area (TPSA) is 86.8 Å². The summed E-state index contributed by atoms with van der Waals surface area (Å²) in [5, 5.41) is 4.17. The van der Waals surface area contributed by atoms with Gasteiger partial charge in [-0.25, -0.2) is 8.42 Å². The Morgan fingerprint density at radius 3 is 2.32 bits per heavy atom. The molecule has 0 spiro atoms. The maximum Gasteiger partial charge on any atom is 0.242 e. The highest BCUT2D eigenvalue weighted by Gasteiger charge is 2.28. The van der Waals surface area contributed by atoms with E-state index >= 15 is 0 Å². The van der Waals surface area contributed by atoms with Crippen molar-refractivity contribution in [2.24, 2.45) is 0 Å². The van der Waals surface area contributed by atoms with E-state index in [4.69, 9.17) is 23.2 Å². The number of anilines is 1. The van der Waals surface area contributed by atoms with Gasteiger partial charge in [0.2, 0.25) is 21.8 Å². The molecule has 1 saturated carbocycles. The average molecular weight is 569 g/mol. The van der Waals surface area contributed by atoms with Gasteiger partial charge >= 0.3 is 0 Å². The first-order chi connectivity index (χ1) is 17.5. The van der Waals surface area contributed by atoms with Crippen LogP contribution >= 0.6 is 23.2 Å². The molecule has 3 rings (SSSR count). The van der Waals surface area contributed by atoms with Gasteiger partial charge in [0.1, 0.15) is 6.04 Å². The van der Waals surface area contributed by atoms with Crippen LogP contribution in [0.3, 0.4) is 0 Å². The van der Waals surface area contributed by atoms with E-state index in [1.807, 2.05) is 12.1 Å². The molecule has 1 aliphatic rings. The number of carbonyl (C=O) groups is 2. The van der Waals surface area contributed by atoms with Crippen LogP contribution in [0, 0.1) is 0 Å². The summed E-state index contributed by atoms with van der Waals surface area (Å²) in [4.78, 5) is 28.1. The van der Waals surface area contributed by atoms with E-state index in [0.717, 1.165) is 37.5 Å². The van der Waals surface area contributed by atoms with Crippen LogP contribution in [0.15, 0.2) is 48.5 Å². The highest BCUT2D eigenvalue weighted by molar-refractivity contribution is 7.92. The van der Waals surface area contributed by atoms with Gasteiger partial charge in [0.05, 0.1) is 11.9 Å². The highest BCUT2D eigenvalue weighted by Crippen LogP contribution is 2.22. The Balaban J connectivity index is 1.71. The van der Waals surface area contributed by atoms with Crippen molar-refractivity contribution >= 4 is 50.7 Å². The summed E-state index contributed by atoms with van der Waals surface area (Å²) < 4.78 is 26.1. The van der Waals surface area contributed by atoms with Gasteiger partial charge < -0.3 is 10.2 Å². The van der Waals surface area contributed by atoms with Crippen molar-refractivity contribution in [3.8, 4) is 0 Å². The summed E-state index contributed by atoms with van der Waals surface area (Å²) >= 11 is 12.1. The molecule has 0 aromatic heterocycles. The summed E-state index contributed by atoms with van der Waals surface area (Å²) in [6.07, 6.45) is 6.77. The summed E-state index contributed by atoms with van der Waals surface area (Å²) in [5.41, 5.74) is 1.30. The fourth-order valence-electron chi connectivity index (χ4n) is 4.59. The summed E-state index contributed by atoms with van der Waals surface area (Å²) in [6.45, 7) is 2.09. The molecule has 1 N–H and O–H groups in total. The van der Waals surface area contributed by atoms with Crippen LogP contribution in [-0.2, 0) is 26.2 Å². The standard InChI is InChI=1S/C27H35Cl2N3O4S/c1-20(27(34)30-24-10-4-3-5-11-24)31(19-21-8-6-9-23(29)18-21)26(33)12-7-17-32(37(2,35)36)25-15-13-22(28)14-16-25/h6,8-9,13-16,18,20,24H,3-5,7,10-12,17,19H2,1-2H3,(H,30,34). The monoisotopic (exact) mass is 567 g/mol. The zero-order chi connectivity index (χ0) is 27.0. The van der Waals surface area contributed by atoms with Gasteiger partial charge in [0.15, 0.2) is 0 Å². The van der Waals surface area contributed by atoms with Crippen LogP contribution in [0.2, 0.25) is 10.0 Å². The Morgan fingerprint density at radius 2 is 1.70 bits per heavy atom. The van der Waals surface area contributed by atoms with Gasteiger partial charge in [-0.05, 0) is 68.1 Å². The molecule has 2 amide bonds. The predicted molar refractivity (Wildman–Crippen MR) is 149 cm³/mol. The molecule has 0 saturated heterocycles. The molecule has 37 heavy (non-hydrogen) atoms. The Bertz CT molecular complexity index is 1170. The molecule has 1 atom stereocenters. The number of hydrogen-bond acceptors (Lipinski definition) is 4. The number of hydrogen-bond donors (Lipinski definition) is 1. The van der Waals surface area contributed by atoms with Crippen LogP contribution in [0.5, 0.6) is 0 Å². The van der Waals surface area contributed by atoms with Crippen LogP contribution in [0.1, 0.15) is 57.4 Å². The Labute approximate surface area is 230 Å². The normalized spacial score (nSPS) is 15.1. The lowest BCUT2D eigenvalue weighted by atomic mass is 9.95. The van der Waals surface area contributed by atoms with Crippen molar-refractivity contribution in [2.45, 2.75) is 70.5 Å². The minimum Gasteiger partial charge on any atom is -0.352 e. The van der Waals surface area contributed by atoms with Gasteiger partial charge in [-0.1, -0.05) is 54.6 Å². The minimum atomic E-state index is -3.56. The second kappa shape index (κ2) is 13.5. The van der Waals surface area contributed by atoms with Crippen molar-refractivity contribution in [1.29, 1.82) is 0 Å². The SMILES string of the molecule is CC(C(=O)NC1CCCCC1)N(Cc1cccc(Cl)c1)C(=O)CCCN(c1ccc(Cl)cc1)S(C)(=O)=O. The molecule has 0 radical (unpaired) electrons. The quantitative estimate of drug-likeness (QED) is 0.393. The number of benzene rings is 2. The summed E-state index contributed by atoms with van der Waals surface area (Å²) in [7, 11) is -3.56. The lowest BCUT2D eigenvalue weighted by Crippen LogP contribution is -2.50. The smallest absolute Gasteiger partial charge is 0.242 e. The second-order valence-electron chi connectivity index (χ2n) is 9.59. The molecule has 0 heterocycles. The molecule has 2 aromatic rings. The molecule has 0 aliphatic heterocycles. The Hall–Kier alpha value is -2.29. The van der Waals surface area contributed by atoms with Crippen molar-refractivity contribution < 1.29 is 18.0 Å². The second-order valence-corrected chi connectivity index (χ2v) is 12.4. The summed E-state index contributed by atoms with van der Waals surface area (Å²) in [6, 6.07) is 13.2. The van der Waals surface area contributed by atoms with Crippen molar-refractivity contribution in [1.82, 2.24) is 10.2 Å². The lowest BCUT2D eigenvalue weighted by Gasteiger charge is -2.31. The van der Waals surface area contributed by atoms with Crippen LogP contribution < -0.4 is 9.62 Å². The molecule has 1 aliphatic carbocycles. The van der Waals surface area contributed by atoms with E-state index in [1.54, 1.807) is 48.2 Å². The molecular weight excluding hydrogens is 533 g/mol. The van der Waals surface area contributed by atoms with Gasteiger partial charge in [0.25, 0.3) is 0 Å². The minimum absolute atomic E-state index is 0.0845. The Morgan fingerprint density at radius 1 is 1.03 bits per heavy atom. The number of halogens is 2. The van der Waals surface area contributed by atoms with Crippen LogP contribution in [0.25, 0.3) is 0 Å². The average Bonchev–Trinajstić information content (AvgIpc) is 2.85. The van der Waals surface area contributed by atoms with Crippen LogP contribution in [0.4, 0.5) is 5.69 Å². The third kappa shape index (κ3) is 8.90. The third-order valence-corrected chi connectivity index (χ3v) is 8.31. The largest absolute Gasteiger partial charge is 0.352 e. The van der Waals surface area contributed by atoms with Crippen molar-refractivity contribution in [3.05, 3.63) is 64.1 Å². The third-order valence-electron chi connectivity index (χ3n) is 6.63. The predicted octanol–water partition coefficient (Wildman–Crippen LogP) is 5.41. The molecule has 1 fully saturated rings. The first kappa shape index (κ1) is 29.3. The van der Waals surface area contributed by atoms with Crippen molar-refractivity contribution in [3.63, 3.8) is 0 Å². The van der Waals surface area contributed by atoms with Crippen LogP contribution in [-0.4, -0.2) is 50.0 Å². The molecule has 0 bridgehead atoms. The first-order valence-electron chi connectivity index (χ1n) is 12.6. The van der Waals surface area contributed by atoms with E-state index < -0.39 is 16.1 Å². The van der Waals surface area contributed by atoms with E-state index in [2.05, 4.69) is 5.32 Å². The van der Waals surface area contributed by atoms with Gasteiger partial charge in [-0.2, -0.15) is 0 Å². The van der Waals surface area contributed by atoms with E-state index in [0.29, 0.717) is 15.7 Å². The fourth-order valence-corrected chi connectivity index (χ4v) is 5.90. The summed E-state index contributed by atoms with van der Waals surface area (Å²) in [5.74, 6) is -0.406. The van der Waals surface area contributed by atoms with Crippen molar-refractivity contribution in [2.75, 3.05) is 17.1 Å². The number of rotatable bonds is 11. The number of nitrogens with one attached hydrogen (secondary N) is 1. The lowest BCUT2D eigenvalue weighted by molar-refractivity contribution is -0.141. The number of sulfonamides is 1. The molecule has 7 nitrogen and oxygen atoms in total.